The molecule has 2 heteroatoms. The normalized spacial score (nSPS) is 10.3. The molecule has 0 rings (SSSR count). The zero-order valence-electron chi connectivity index (χ0n) is 18.7. The van der Waals surface area contributed by atoms with Crippen molar-refractivity contribution in [1.82, 2.24) is 0 Å². The summed E-state index contributed by atoms with van der Waals surface area (Å²) in [4.78, 5) is 10.9. The number of hydrogen-bond acceptors (Lipinski definition) is 2. The van der Waals surface area contributed by atoms with E-state index in [0.29, 0.717) is 6.61 Å². The van der Waals surface area contributed by atoms with Gasteiger partial charge in [0.1, 0.15) is 0 Å². The predicted molar refractivity (Wildman–Crippen MR) is 122 cm³/mol. The maximum Gasteiger partial charge on any atom is 0.330 e. The van der Waals surface area contributed by atoms with Gasteiger partial charge in [-0.3, -0.25) is 0 Å². The summed E-state index contributed by atoms with van der Waals surface area (Å²) in [6.07, 6.45) is 25.7. The summed E-state index contributed by atoms with van der Waals surface area (Å²) in [6, 6.07) is 0. The zero-order valence-corrected chi connectivity index (χ0v) is 18.7. The second-order valence-electron chi connectivity index (χ2n) is 7.88. The van der Waals surface area contributed by atoms with Crippen LogP contribution in [-0.4, -0.2) is 12.6 Å². The average molecular weight is 391 g/mol. The number of hydrogen-bond donors (Lipinski definition) is 0. The van der Waals surface area contributed by atoms with Crippen LogP contribution < -0.4 is 0 Å². The fraction of sp³-hybridized carbons (Fsp3) is 0.808. The van der Waals surface area contributed by atoms with E-state index in [1.54, 1.807) is 0 Å². The number of ether oxygens (including phenoxy) is 1. The van der Waals surface area contributed by atoms with Crippen LogP contribution in [0.1, 0.15) is 129 Å². The Morgan fingerprint density at radius 1 is 0.679 bits per heavy atom. The lowest BCUT2D eigenvalue weighted by Crippen LogP contribution is -2.01. The van der Waals surface area contributed by atoms with Gasteiger partial charge in [0.15, 0.2) is 0 Å². The standard InChI is InChI=1S/C26H46O2/c1-3-5-6-7-8-9-10-11-12-13-14-15-16-17-18-19-20-21-22-23-24-25-28-26(27)4-2/h4H,2-3,5-10,13-25H2,1H3. The number of esters is 1. The third-order valence-corrected chi connectivity index (χ3v) is 5.14. The van der Waals surface area contributed by atoms with Crippen molar-refractivity contribution in [2.45, 2.75) is 129 Å². The quantitative estimate of drug-likeness (QED) is 0.0907. The molecule has 0 bridgehead atoms. The van der Waals surface area contributed by atoms with Crippen LogP contribution in [0.3, 0.4) is 0 Å². The van der Waals surface area contributed by atoms with E-state index in [4.69, 9.17) is 4.74 Å². The minimum atomic E-state index is -0.305. The lowest BCUT2D eigenvalue weighted by atomic mass is 10.1. The first-order valence-corrected chi connectivity index (χ1v) is 12.1. The van der Waals surface area contributed by atoms with Crippen molar-refractivity contribution in [2.75, 3.05) is 6.61 Å². The van der Waals surface area contributed by atoms with Gasteiger partial charge in [-0.05, 0) is 19.3 Å². The maximum atomic E-state index is 10.9. The summed E-state index contributed by atoms with van der Waals surface area (Å²) in [5, 5.41) is 0. The van der Waals surface area contributed by atoms with E-state index < -0.39 is 0 Å². The van der Waals surface area contributed by atoms with Gasteiger partial charge in [0.05, 0.1) is 6.61 Å². The summed E-state index contributed by atoms with van der Waals surface area (Å²) < 4.78 is 4.97. The molecule has 0 aromatic heterocycles. The number of rotatable bonds is 20. The second kappa shape index (κ2) is 23.8. The third kappa shape index (κ3) is 22.8. The molecule has 0 aliphatic rings. The highest BCUT2D eigenvalue weighted by Crippen LogP contribution is 2.12. The first kappa shape index (κ1) is 26.8. The molecule has 0 aliphatic carbocycles. The molecule has 0 aromatic rings. The van der Waals surface area contributed by atoms with Gasteiger partial charge in [-0.1, -0.05) is 103 Å². The van der Waals surface area contributed by atoms with Gasteiger partial charge in [0.25, 0.3) is 0 Å². The fourth-order valence-corrected chi connectivity index (χ4v) is 3.31. The molecule has 0 N–H and O–H groups in total. The van der Waals surface area contributed by atoms with Crippen molar-refractivity contribution < 1.29 is 9.53 Å². The van der Waals surface area contributed by atoms with Gasteiger partial charge in [0, 0.05) is 18.9 Å². The Labute approximate surface area is 175 Å². The molecular weight excluding hydrogens is 344 g/mol. The van der Waals surface area contributed by atoms with Crippen molar-refractivity contribution in [3.8, 4) is 11.8 Å². The van der Waals surface area contributed by atoms with E-state index >= 15 is 0 Å². The van der Waals surface area contributed by atoms with Crippen LogP contribution in [0, 0.1) is 11.8 Å². The van der Waals surface area contributed by atoms with Crippen LogP contribution in [0.5, 0.6) is 0 Å². The van der Waals surface area contributed by atoms with Crippen molar-refractivity contribution in [1.29, 1.82) is 0 Å². The first-order chi connectivity index (χ1) is 13.8. The van der Waals surface area contributed by atoms with Crippen molar-refractivity contribution in [3.63, 3.8) is 0 Å². The summed E-state index contributed by atoms with van der Waals surface area (Å²) in [5.74, 6) is 6.40. The highest BCUT2D eigenvalue weighted by Gasteiger charge is 1.96. The Morgan fingerprint density at radius 2 is 1.07 bits per heavy atom. The Bertz CT molecular complexity index is 402. The molecule has 0 heterocycles. The molecular formula is C26H46O2. The van der Waals surface area contributed by atoms with Gasteiger partial charge < -0.3 is 4.74 Å². The van der Waals surface area contributed by atoms with Crippen LogP contribution in [0.4, 0.5) is 0 Å². The van der Waals surface area contributed by atoms with Crippen LogP contribution >= 0.6 is 0 Å². The molecule has 0 saturated carbocycles. The minimum Gasteiger partial charge on any atom is -0.463 e. The third-order valence-electron chi connectivity index (χ3n) is 5.14. The van der Waals surface area contributed by atoms with Gasteiger partial charge in [-0.25, -0.2) is 4.79 Å². The molecule has 28 heavy (non-hydrogen) atoms. The van der Waals surface area contributed by atoms with Gasteiger partial charge in [-0.2, -0.15) is 0 Å². The second-order valence-corrected chi connectivity index (χ2v) is 7.88. The maximum absolute atomic E-state index is 10.9. The van der Waals surface area contributed by atoms with Gasteiger partial charge in [0.2, 0.25) is 0 Å². The average Bonchev–Trinajstić information content (AvgIpc) is 2.71. The van der Waals surface area contributed by atoms with E-state index in [2.05, 4.69) is 25.3 Å². The Morgan fingerprint density at radius 3 is 1.50 bits per heavy atom. The highest BCUT2D eigenvalue weighted by atomic mass is 16.5. The highest BCUT2D eigenvalue weighted by molar-refractivity contribution is 5.81. The molecule has 0 aromatic carbocycles. The Balaban J connectivity index is 3.11. The number of carbonyl (C=O) groups excluding carboxylic acids is 1. The Hall–Kier alpha value is -1.23. The van der Waals surface area contributed by atoms with Crippen LogP contribution in [0.15, 0.2) is 12.7 Å². The van der Waals surface area contributed by atoms with Crippen LogP contribution in [-0.2, 0) is 9.53 Å². The molecule has 0 atom stereocenters. The summed E-state index contributed by atoms with van der Waals surface area (Å²) >= 11 is 0. The van der Waals surface area contributed by atoms with Crippen molar-refractivity contribution >= 4 is 5.97 Å². The monoisotopic (exact) mass is 390 g/mol. The molecule has 0 fully saturated rings. The predicted octanol–water partition coefficient (Wildman–Crippen LogP) is 8.15. The van der Waals surface area contributed by atoms with Crippen LogP contribution in [0.2, 0.25) is 0 Å². The van der Waals surface area contributed by atoms with E-state index in [1.807, 2.05) is 0 Å². The number of carbonyl (C=O) groups is 1. The van der Waals surface area contributed by atoms with Gasteiger partial charge in [-0.15, -0.1) is 11.8 Å². The number of unbranched alkanes of at least 4 members (excludes halogenated alkanes) is 17. The molecule has 0 spiro atoms. The lowest BCUT2D eigenvalue weighted by molar-refractivity contribution is -0.137. The molecule has 0 unspecified atom stereocenters. The molecule has 0 aliphatic heterocycles. The first-order valence-electron chi connectivity index (χ1n) is 12.1. The topological polar surface area (TPSA) is 26.3 Å². The van der Waals surface area contributed by atoms with E-state index in [9.17, 15) is 4.79 Å². The van der Waals surface area contributed by atoms with Gasteiger partial charge >= 0.3 is 5.97 Å². The van der Waals surface area contributed by atoms with E-state index in [-0.39, 0.29) is 5.97 Å². The van der Waals surface area contributed by atoms with E-state index in [0.717, 1.165) is 25.7 Å². The molecule has 0 amide bonds. The lowest BCUT2D eigenvalue weighted by Gasteiger charge is -2.03. The zero-order chi connectivity index (χ0) is 20.5. The molecule has 2 nitrogen and oxygen atoms in total. The summed E-state index contributed by atoms with van der Waals surface area (Å²) in [6.45, 7) is 6.19. The molecule has 0 radical (unpaired) electrons. The minimum absolute atomic E-state index is 0.305. The summed E-state index contributed by atoms with van der Waals surface area (Å²) in [5.41, 5.74) is 0. The fourth-order valence-electron chi connectivity index (χ4n) is 3.31. The SMILES string of the molecule is C=CC(=O)OCCCCCCCCCCCCCC#CCCCCCCCC. The Kier molecular flexibility index (Phi) is 22.8. The van der Waals surface area contributed by atoms with Crippen LogP contribution in [0.25, 0.3) is 0 Å². The van der Waals surface area contributed by atoms with E-state index in [1.165, 1.54) is 102 Å². The largest absolute Gasteiger partial charge is 0.463 e. The summed E-state index contributed by atoms with van der Waals surface area (Å²) in [7, 11) is 0. The molecule has 162 valence electrons. The smallest absolute Gasteiger partial charge is 0.330 e. The van der Waals surface area contributed by atoms with Crippen molar-refractivity contribution in [3.05, 3.63) is 12.7 Å². The van der Waals surface area contributed by atoms with Crippen molar-refractivity contribution in [2.24, 2.45) is 0 Å². The molecule has 0 saturated heterocycles.